The van der Waals surface area contributed by atoms with Crippen molar-refractivity contribution in [2.24, 2.45) is 0 Å². The summed E-state index contributed by atoms with van der Waals surface area (Å²) in [6, 6.07) is -0.158. The number of carbonyl (C=O) groups is 1. The summed E-state index contributed by atoms with van der Waals surface area (Å²) in [6.07, 6.45) is 1.80. The third-order valence-corrected chi connectivity index (χ3v) is 1.74. The summed E-state index contributed by atoms with van der Waals surface area (Å²) in [4.78, 5) is 11.6. The molecule has 1 N–H and O–H groups in total. The van der Waals surface area contributed by atoms with E-state index in [0.29, 0.717) is 0 Å². The quantitative estimate of drug-likeness (QED) is 0.692. The minimum absolute atomic E-state index is 0.145. The Kier molecular flexibility index (Phi) is 5.77. The van der Waals surface area contributed by atoms with Crippen molar-refractivity contribution in [3.05, 3.63) is 0 Å². The van der Waals surface area contributed by atoms with Crippen molar-refractivity contribution in [3.63, 3.8) is 0 Å². The standard InChI is InChI=1S/C11H23NO2/c1-6-8-12-9(7-2)10(13)14-11(3,4)5/h9,12H,6-8H2,1-5H3. The highest BCUT2D eigenvalue weighted by molar-refractivity contribution is 5.76. The molecular formula is C11H23NO2. The zero-order valence-corrected chi connectivity index (χ0v) is 10.0. The summed E-state index contributed by atoms with van der Waals surface area (Å²) in [5, 5.41) is 3.17. The molecule has 0 spiro atoms. The number of rotatable bonds is 5. The van der Waals surface area contributed by atoms with E-state index >= 15 is 0 Å². The van der Waals surface area contributed by atoms with E-state index in [9.17, 15) is 4.79 Å². The molecule has 0 saturated heterocycles. The van der Waals surface area contributed by atoms with Crippen LogP contribution in [-0.4, -0.2) is 24.2 Å². The first-order chi connectivity index (χ1) is 6.40. The predicted molar refractivity (Wildman–Crippen MR) is 58.2 cm³/mol. The molecule has 0 aromatic carbocycles. The molecule has 0 radical (unpaired) electrons. The first-order valence-corrected chi connectivity index (χ1v) is 5.37. The van der Waals surface area contributed by atoms with E-state index < -0.39 is 5.60 Å². The lowest BCUT2D eigenvalue weighted by atomic mass is 10.1. The molecule has 84 valence electrons. The molecule has 3 nitrogen and oxygen atoms in total. The smallest absolute Gasteiger partial charge is 0.323 e. The second-order valence-corrected chi connectivity index (χ2v) is 4.45. The van der Waals surface area contributed by atoms with Crippen LogP contribution >= 0.6 is 0 Å². The Morgan fingerprint density at radius 1 is 1.36 bits per heavy atom. The fourth-order valence-corrected chi connectivity index (χ4v) is 1.09. The first kappa shape index (κ1) is 13.4. The van der Waals surface area contributed by atoms with Gasteiger partial charge in [0, 0.05) is 0 Å². The van der Waals surface area contributed by atoms with Crippen LogP contribution in [0.3, 0.4) is 0 Å². The van der Waals surface area contributed by atoms with Gasteiger partial charge in [-0.25, -0.2) is 0 Å². The minimum atomic E-state index is -0.390. The molecule has 0 heterocycles. The Morgan fingerprint density at radius 3 is 2.29 bits per heavy atom. The number of ether oxygens (including phenoxy) is 1. The molecule has 1 unspecified atom stereocenters. The van der Waals surface area contributed by atoms with Gasteiger partial charge in [-0.15, -0.1) is 0 Å². The van der Waals surface area contributed by atoms with Crippen molar-refractivity contribution in [2.75, 3.05) is 6.54 Å². The van der Waals surface area contributed by atoms with E-state index in [1.807, 2.05) is 27.7 Å². The highest BCUT2D eigenvalue weighted by atomic mass is 16.6. The minimum Gasteiger partial charge on any atom is -0.459 e. The number of hydrogen-bond donors (Lipinski definition) is 1. The average Bonchev–Trinajstić information content (AvgIpc) is 2.02. The number of nitrogens with one attached hydrogen (secondary N) is 1. The summed E-state index contributed by atoms with van der Waals surface area (Å²) >= 11 is 0. The fourth-order valence-electron chi connectivity index (χ4n) is 1.09. The number of hydrogen-bond acceptors (Lipinski definition) is 3. The summed E-state index contributed by atoms with van der Waals surface area (Å²) in [5.41, 5.74) is -0.390. The maximum atomic E-state index is 11.6. The molecule has 14 heavy (non-hydrogen) atoms. The van der Waals surface area contributed by atoms with Crippen LogP contribution in [0.25, 0.3) is 0 Å². The molecule has 0 aliphatic heterocycles. The third kappa shape index (κ3) is 5.97. The van der Waals surface area contributed by atoms with Crippen molar-refractivity contribution < 1.29 is 9.53 Å². The molecular weight excluding hydrogens is 178 g/mol. The van der Waals surface area contributed by atoms with E-state index in [1.165, 1.54) is 0 Å². The van der Waals surface area contributed by atoms with E-state index in [-0.39, 0.29) is 12.0 Å². The van der Waals surface area contributed by atoms with Gasteiger partial charge < -0.3 is 10.1 Å². The van der Waals surface area contributed by atoms with Gasteiger partial charge in [0.1, 0.15) is 11.6 Å². The highest BCUT2D eigenvalue weighted by Crippen LogP contribution is 2.09. The molecule has 3 heteroatoms. The Morgan fingerprint density at radius 2 is 1.93 bits per heavy atom. The van der Waals surface area contributed by atoms with Crippen molar-refractivity contribution in [2.45, 2.75) is 59.1 Å². The van der Waals surface area contributed by atoms with Crippen LogP contribution in [0.4, 0.5) is 0 Å². The molecule has 0 aliphatic carbocycles. The zero-order chi connectivity index (χ0) is 11.2. The summed E-state index contributed by atoms with van der Waals surface area (Å²) in [5.74, 6) is -0.145. The van der Waals surface area contributed by atoms with Crippen LogP contribution in [0.15, 0.2) is 0 Å². The zero-order valence-electron chi connectivity index (χ0n) is 10.0. The lowest BCUT2D eigenvalue weighted by Gasteiger charge is -2.23. The van der Waals surface area contributed by atoms with Crippen LogP contribution in [0.1, 0.15) is 47.5 Å². The normalized spacial score (nSPS) is 13.8. The molecule has 0 aliphatic rings. The Labute approximate surface area is 87.2 Å². The van der Waals surface area contributed by atoms with Gasteiger partial charge in [-0.1, -0.05) is 13.8 Å². The molecule has 1 atom stereocenters. The summed E-state index contributed by atoms with van der Waals surface area (Å²) in [6.45, 7) is 10.6. The SMILES string of the molecule is CCCNC(CC)C(=O)OC(C)(C)C. The number of esters is 1. The molecule has 0 rings (SSSR count). The van der Waals surface area contributed by atoms with Crippen molar-refractivity contribution in [1.29, 1.82) is 0 Å². The van der Waals surface area contributed by atoms with Gasteiger partial charge >= 0.3 is 5.97 Å². The van der Waals surface area contributed by atoms with Crippen molar-refractivity contribution >= 4 is 5.97 Å². The first-order valence-electron chi connectivity index (χ1n) is 5.37. The van der Waals surface area contributed by atoms with E-state index in [1.54, 1.807) is 0 Å². The lowest BCUT2D eigenvalue weighted by Crippen LogP contribution is -2.41. The Hall–Kier alpha value is -0.570. The molecule has 0 saturated carbocycles. The van der Waals surface area contributed by atoms with Crippen molar-refractivity contribution in [1.82, 2.24) is 5.32 Å². The molecule has 0 aromatic heterocycles. The van der Waals surface area contributed by atoms with Gasteiger partial charge in [-0.2, -0.15) is 0 Å². The summed E-state index contributed by atoms with van der Waals surface area (Å²) < 4.78 is 5.29. The second-order valence-electron chi connectivity index (χ2n) is 4.45. The van der Waals surface area contributed by atoms with Gasteiger partial charge in [-0.05, 0) is 40.2 Å². The molecule has 0 fully saturated rings. The van der Waals surface area contributed by atoms with E-state index in [0.717, 1.165) is 19.4 Å². The lowest BCUT2D eigenvalue weighted by molar-refractivity contribution is -0.157. The summed E-state index contributed by atoms with van der Waals surface area (Å²) in [7, 11) is 0. The maximum Gasteiger partial charge on any atom is 0.323 e. The Balaban J connectivity index is 4.04. The largest absolute Gasteiger partial charge is 0.459 e. The second kappa shape index (κ2) is 6.02. The van der Waals surface area contributed by atoms with Gasteiger partial charge in [0.05, 0.1) is 0 Å². The highest BCUT2D eigenvalue weighted by Gasteiger charge is 2.22. The van der Waals surface area contributed by atoms with Crippen LogP contribution < -0.4 is 5.32 Å². The van der Waals surface area contributed by atoms with Gasteiger partial charge in [0.25, 0.3) is 0 Å². The van der Waals surface area contributed by atoms with Gasteiger partial charge in [-0.3, -0.25) is 4.79 Å². The monoisotopic (exact) mass is 201 g/mol. The maximum absolute atomic E-state index is 11.6. The van der Waals surface area contributed by atoms with Crippen LogP contribution in [-0.2, 0) is 9.53 Å². The van der Waals surface area contributed by atoms with Gasteiger partial charge in [0.15, 0.2) is 0 Å². The van der Waals surface area contributed by atoms with Gasteiger partial charge in [0.2, 0.25) is 0 Å². The molecule has 0 bridgehead atoms. The molecule has 0 aromatic rings. The third-order valence-electron chi connectivity index (χ3n) is 1.74. The fraction of sp³-hybridized carbons (Fsp3) is 0.909. The van der Waals surface area contributed by atoms with Crippen molar-refractivity contribution in [3.8, 4) is 0 Å². The molecule has 0 amide bonds. The van der Waals surface area contributed by atoms with Crippen LogP contribution in [0.2, 0.25) is 0 Å². The van der Waals surface area contributed by atoms with E-state index in [2.05, 4.69) is 12.2 Å². The predicted octanol–water partition coefficient (Wildman–Crippen LogP) is 2.11. The van der Waals surface area contributed by atoms with E-state index in [4.69, 9.17) is 4.74 Å². The van der Waals surface area contributed by atoms with Crippen LogP contribution in [0, 0.1) is 0 Å². The topological polar surface area (TPSA) is 38.3 Å². The average molecular weight is 201 g/mol. The van der Waals surface area contributed by atoms with Crippen LogP contribution in [0.5, 0.6) is 0 Å². The number of carbonyl (C=O) groups excluding carboxylic acids is 1. The Bertz CT molecular complexity index is 173.